The van der Waals surface area contributed by atoms with Crippen LogP contribution >= 0.6 is 0 Å². The first-order valence-corrected chi connectivity index (χ1v) is 22.1. The number of hydrogen-bond donors (Lipinski definition) is 3. The third kappa shape index (κ3) is 9.21. The maximum atomic E-state index is 13.8. The molecular weight excluding hydrogens is 691 g/mol. The van der Waals surface area contributed by atoms with Crippen LogP contribution in [0.15, 0.2) is 24.3 Å². The van der Waals surface area contributed by atoms with E-state index in [0.29, 0.717) is 39.0 Å². The number of benzene rings is 1. The Balaban J connectivity index is 1.36. The van der Waals surface area contributed by atoms with E-state index < -0.39 is 41.8 Å². The zero-order valence-electron chi connectivity index (χ0n) is 31.0. The van der Waals surface area contributed by atoms with Gasteiger partial charge in [-0.15, -0.1) is 5.54 Å². The van der Waals surface area contributed by atoms with Gasteiger partial charge in [-0.2, -0.15) is 4.98 Å². The second-order valence-electron chi connectivity index (χ2n) is 15.8. The fourth-order valence-corrected chi connectivity index (χ4v) is 14.4. The molecule has 1 aliphatic carbocycles. The van der Waals surface area contributed by atoms with Gasteiger partial charge in [0.05, 0.1) is 16.9 Å². The van der Waals surface area contributed by atoms with Crippen molar-refractivity contribution in [1.82, 2.24) is 9.97 Å². The van der Waals surface area contributed by atoms with E-state index in [9.17, 15) is 27.1 Å². The predicted molar refractivity (Wildman–Crippen MR) is 203 cm³/mol. The van der Waals surface area contributed by atoms with E-state index in [1.54, 1.807) is 36.1 Å². The monoisotopic (exact) mass is 744 g/mol. The summed E-state index contributed by atoms with van der Waals surface area (Å²) in [4.78, 5) is 26.6. The van der Waals surface area contributed by atoms with Gasteiger partial charge in [-0.25, -0.2) is 22.2 Å². The molecule has 2 aliphatic heterocycles. The number of carbonyl (C=O) groups excluding carboxylic acids is 1. The Morgan fingerprint density at radius 3 is 2.08 bits per heavy atom. The highest BCUT2D eigenvalue weighted by Crippen LogP contribution is 2.54. The summed E-state index contributed by atoms with van der Waals surface area (Å²) < 4.78 is 56.8. The number of piperidine rings is 2. The lowest BCUT2D eigenvalue weighted by Crippen LogP contribution is -2.43. The van der Waals surface area contributed by atoms with E-state index in [0.717, 1.165) is 25.9 Å². The molecule has 280 valence electrons. The van der Waals surface area contributed by atoms with Crippen LogP contribution in [0.3, 0.4) is 0 Å². The number of aromatic nitrogens is 2. The third-order valence-electron chi connectivity index (χ3n) is 11.2. The minimum absolute atomic E-state index is 0.113. The molecule has 2 aromatic rings. The lowest BCUT2D eigenvalue weighted by molar-refractivity contribution is -0.0222. The third-order valence-corrected chi connectivity index (χ3v) is 18.8. The summed E-state index contributed by atoms with van der Waals surface area (Å²) in [6, 6.07) is 6.44. The first-order valence-electron chi connectivity index (χ1n) is 18.2. The molecule has 1 unspecified atom stereocenters. The van der Waals surface area contributed by atoms with Crippen molar-refractivity contribution in [3.8, 4) is 11.5 Å². The molecule has 1 aromatic carbocycles. The van der Waals surface area contributed by atoms with E-state index in [4.69, 9.17) is 0 Å². The van der Waals surface area contributed by atoms with Gasteiger partial charge in [0.25, 0.3) is 11.8 Å². The average molecular weight is 745 g/mol. The Hall–Kier alpha value is -3.28. The highest BCUT2D eigenvalue weighted by molar-refractivity contribution is 7.92. The van der Waals surface area contributed by atoms with Crippen molar-refractivity contribution in [1.29, 1.82) is 0 Å². The number of aliphatic hydroxyl groups is 1. The zero-order chi connectivity index (χ0) is 37.4. The molecule has 3 N–H and O–H groups in total. The summed E-state index contributed by atoms with van der Waals surface area (Å²) >= 11 is 0. The minimum atomic E-state index is -4.00. The van der Waals surface area contributed by atoms with Crippen molar-refractivity contribution < 1.29 is 27.1 Å². The maximum Gasteiger partial charge on any atom is 0.258 e. The number of hydrogen-bond acceptors (Lipinski definition) is 8. The fraction of sp³-hybridized carbons (Fsp3) is 0.649. The van der Waals surface area contributed by atoms with Crippen molar-refractivity contribution in [3.63, 3.8) is 0 Å². The van der Waals surface area contributed by atoms with Gasteiger partial charge in [0, 0.05) is 50.8 Å². The molecule has 2 saturated heterocycles. The van der Waals surface area contributed by atoms with Gasteiger partial charge in [-0.1, -0.05) is 47.5 Å². The molecule has 51 heavy (non-hydrogen) atoms. The van der Waals surface area contributed by atoms with Gasteiger partial charge in [0.2, 0.25) is 16.0 Å². The van der Waals surface area contributed by atoms with E-state index in [1.807, 2.05) is 0 Å². The van der Waals surface area contributed by atoms with Crippen LogP contribution in [0.5, 0.6) is 0 Å². The Labute approximate surface area is 303 Å². The van der Waals surface area contributed by atoms with Crippen LogP contribution in [0.1, 0.15) is 96.1 Å². The summed E-state index contributed by atoms with van der Waals surface area (Å²) in [5, 5.41) is 13.7. The standard InChI is InChI=1S/C37H54F2N6O4SSi/c1-25(2)51(26(3)4,27(5)6)21-10-30(46)24-50(48,49)43-29-8-9-31(32(23-29)44-17-13-36(11-12-36)14-18-44)34(47)41-33-22-28(7)40-35(42-33)45-19-15-37(38,39)16-20-45/h8-9,22-23,25-27,30,43,46H,11-20,24H2,1-7H3,(H,40,41,42,47). The van der Waals surface area contributed by atoms with Gasteiger partial charge in [-0.05, 0) is 72.8 Å². The largest absolute Gasteiger partial charge is 0.379 e. The quantitative estimate of drug-likeness (QED) is 0.166. The molecule has 0 radical (unpaired) electrons. The highest BCUT2D eigenvalue weighted by atomic mass is 32.2. The number of sulfonamides is 1. The summed E-state index contributed by atoms with van der Waals surface area (Å²) in [5.41, 5.74) is 6.62. The smallest absolute Gasteiger partial charge is 0.258 e. The second-order valence-corrected chi connectivity index (χ2v) is 23.1. The Bertz CT molecular complexity index is 1730. The van der Waals surface area contributed by atoms with Crippen LogP contribution in [0.2, 0.25) is 16.6 Å². The summed E-state index contributed by atoms with van der Waals surface area (Å²) in [6.45, 7) is 16.4. The molecule has 1 spiro atoms. The van der Waals surface area contributed by atoms with Crippen molar-refractivity contribution >= 4 is 47.1 Å². The van der Waals surface area contributed by atoms with Gasteiger partial charge < -0.3 is 20.2 Å². The summed E-state index contributed by atoms with van der Waals surface area (Å²) in [5.74, 6) is -0.275. The number of aliphatic hydroxyl groups excluding tert-OH is 1. The lowest BCUT2D eigenvalue weighted by atomic mass is 9.93. The Morgan fingerprint density at radius 1 is 0.922 bits per heavy atom. The number of rotatable bonds is 11. The number of amides is 1. The molecule has 1 atom stereocenters. The molecular formula is C37H54F2N6O4SSi. The zero-order valence-corrected chi connectivity index (χ0v) is 32.8. The van der Waals surface area contributed by atoms with Crippen molar-refractivity contribution in [2.24, 2.45) is 5.41 Å². The predicted octanol–water partition coefficient (Wildman–Crippen LogP) is 6.98. The first kappa shape index (κ1) is 38.9. The number of alkyl halides is 2. The van der Waals surface area contributed by atoms with Crippen LogP contribution in [0.4, 0.5) is 31.9 Å². The van der Waals surface area contributed by atoms with E-state index in [-0.39, 0.29) is 43.4 Å². The van der Waals surface area contributed by atoms with Crippen molar-refractivity contribution in [2.45, 2.75) is 116 Å². The molecule has 3 fully saturated rings. The molecule has 1 amide bonds. The van der Waals surface area contributed by atoms with Crippen LogP contribution < -0.4 is 19.8 Å². The topological polar surface area (TPSA) is 128 Å². The van der Waals surface area contributed by atoms with Crippen LogP contribution in [-0.2, 0) is 10.0 Å². The summed E-state index contributed by atoms with van der Waals surface area (Å²) in [6.07, 6.45) is 2.47. The Morgan fingerprint density at radius 2 is 1.51 bits per heavy atom. The van der Waals surface area contributed by atoms with Crippen LogP contribution in [0, 0.1) is 23.8 Å². The lowest BCUT2D eigenvalue weighted by Gasteiger charge is -2.38. The highest BCUT2D eigenvalue weighted by Gasteiger charge is 2.45. The second kappa shape index (κ2) is 15.0. The molecule has 10 nitrogen and oxygen atoms in total. The van der Waals surface area contributed by atoms with Crippen LogP contribution in [-0.4, -0.2) is 81.4 Å². The molecule has 5 rings (SSSR count). The molecule has 3 heterocycles. The van der Waals surface area contributed by atoms with E-state index >= 15 is 0 Å². The fourth-order valence-electron chi connectivity index (χ4n) is 8.04. The van der Waals surface area contributed by atoms with Crippen LogP contribution in [0.25, 0.3) is 0 Å². The van der Waals surface area contributed by atoms with E-state index in [2.05, 4.69) is 77.9 Å². The first-order chi connectivity index (χ1) is 23.8. The summed E-state index contributed by atoms with van der Waals surface area (Å²) in [7, 11) is -6.16. The Kier molecular flexibility index (Phi) is 11.4. The number of nitrogens with one attached hydrogen (secondary N) is 2. The number of halogens is 2. The van der Waals surface area contributed by atoms with Gasteiger partial charge >= 0.3 is 0 Å². The van der Waals surface area contributed by atoms with Gasteiger partial charge in [0.1, 0.15) is 25.7 Å². The number of anilines is 4. The number of nitrogens with zero attached hydrogens (tertiary/aromatic N) is 4. The maximum absolute atomic E-state index is 13.8. The molecule has 1 aromatic heterocycles. The molecule has 3 aliphatic rings. The minimum Gasteiger partial charge on any atom is -0.379 e. The molecule has 0 bridgehead atoms. The normalized spacial score (nSPS) is 19.2. The van der Waals surface area contributed by atoms with E-state index in [1.165, 1.54) is 12.8 Å². The van der Waals surface area contributed by atoms with Crippen molar-refractivity contribution in [3.05, 3.63) is 35.5 Å². The number of carbonyl (C=O) groups is 1. The SMILES string of the molecule is Cc1cc(NC(=O)c2ccc(NS(=O)(=O)CC(O)C#C[Si](C(C)C)(C(C)C)C(C)C)cc2N2CCC3(CC2)CC3)nc(N2CCC(F)(F)CC2)n1. The van der Waals surface area contributed by atoms with Gasteiger partial charge in [0.15, 0.2) is 0 Å². The average Bonchev–Trinajstić information content (AvgIpc) is 3.78. The molecule has 14 heteroatoms. The van der Waals surface area contributed by atoms with Crippen molar-refractivity contribution in [2.75, 3.05) is 51.8 Å². The molecule has 1 saturated carbocycles. The van der Waals surface area contributed by atoms with Gasteiger partial charge in [-0.3, -0.25) is 9.52 Å². The number of aryl methyl sites for hydroxylation is 1.